The lowest BCUT2D eigenvalue weighted by molar-refractivity contribution is -0.121. The predicted octanol–water partition coefficient (Wildman–Crippen LogP) is 0.653. The molecule has 0 aliphatic carbocycles. The van der Waals surface area contributed by atoms with Crippen molar-refractivity contribution in [3.63, 3.8) is 0 Å². The van der Waals surface area contributed by atoms with Crippen LogP contribution in [0.25, 0.3) is 0 Å². The summed E-state index contributed by atoms with van der Waals surface area (Å²) in [6.07, 6.45) is 1.62. The van der Waals surface area contributed by atoms with Crippen LogP contribution < -0.4 is 21.1 Å². The van der Waals surface area contributed by atoms with Crippen LogP contribution in [0.5, 0.6) is 5.75 Å². The van der Waals surface area contributed by atoms with Gasteiger partial charge in [-0.2, -0.15) is 0 Å². The van der Waals surface area contributed by atoms with Crippen molar-refractivity contribution in [1.29, 1.82) is 0 Å². The third-order valence-corrected chi connectivity index (χ3v) is 2.43. The van der Waals surface area contributed by atoms with Gasteiger partial charge in [0, 0.05) is 12.2 Å². The molecule has 0 saturated heterocycles. The van der Waals surface area contributed by atoms with E-state index in [0.29, 0.717) is 12.3 Å². The van der Waals surface area contributed by atoms with Gasteiger partial charge in [0.1, 0.15) is 11.8 Å². The molecule has 1 atom stereocenters. The van der Waals surface area contributed by atoms with Crippen LogP contribution in [0.1, 0.15) is 6.92 Å². The molecule has 1 aromatic carbocycles. The van der Waals surface area contributed by atoms with Crippen molar-refractivity contribution in [2.24, 2.45) is 5.73 Å². The number of nitrogens with two attached hydrogens (primary N) is 1. The van der Waals surface area contributed by atoms with Crippen molar-refractivity contribution in [1.82, 2.24) is 5.32 Å². The highest BCUT2D eigenvalue weighted by Crippen LogP contribution is 2.16. The average molecular weight is 277 g/mol. The Morgan fingerprint density at radius 2 is 2.05 bits per heavy atom. The van der Waals surface area contributed by atoms with Crippen molar-refractivity contribution in [2.75, 3.05) is 18.5 Å². The number of amides is 2. The van der Waals surface area contributed by atoms with E-state index in [1.807, 2.05) is 0 Å². The van der Waals surface area contributed by atoms with Crippen LogP contribution in [0.2, 0.25) is 0 Å². The summed E-state index contributed by atoms with van der Waals surface area (Å²) in [5.74, 6) is -0.100. The fourth-order valence-electron chi connectivity index (χ4n) is 1.44. The van der Waals surface area contributed by atoms with E-state index < -0.39 is 5.91 Å². The molecule has 2 amide bonds. The Labute approximate surface area is 118 Å². The third-order valence-electron chi connectivity index (χ3n) is 2.43. The fourth-order valence-corrected chi connectivity index (χ4v) is 1.44. The first kappa shape index (κ1) is 15.6. The Morgan fingerprint density at radius 3 is 2.60 bits per heavy atom. The molecule has 0 bridgehead atoms. The van der Waals surface area contributed by atoms with Gasteiger partial charge in [-0.3, -0.25) is 9.59 Å². The third kappa shape index (κ3) is 5.43. The molecule has 0 heterocycles. The van der Waals surface area contributed by atoms with Crippen LogP contribution in [-0.2, 0) is 9.59 Å². The molecule has 0 saturated carbocycles. The van der Waals surface area contributed by atoms with Gasteiger partial charge in [0.2, 0.25) is 5.91 Å². The molecule has 20 heavy (non-hydrogen) atoms. The molecule has 6 heteroatoms. The lowest BCUT2D eigenvalue weighted by Crippen LogP contribution is -2.37. The number of primary amides is 1. The zero-order chi connectivity index (χ0) is 15.0. The van der Waals surface area contributed by atoms with Gasteiger partial charge < -0.3 is 21.1 Å². The summed E-state index contributed by atoms with van der Waals surface area (Å²) in [5.41, 5.74) is 5.76. The van der Waals surface area contributed by atoms with Crippen LogP contribution >= 0.6 is 0 Å². The molecule has 0 fully saturated rings. The number of ether oxygens (including phenoxy) is 1. The maximum Gasteiger partial charge on any atom is 0.255 e. The highest BCUT2D eigenvalue weighted by Gasteiger charge is 2.11. The molecule has 0 aromatic heterocycles. The van der Waals surface area contributed by atoms with Crippen molar-refractivity contribution in [3.8, 4) is 5.75 Å². The number of hydrogen-bond donors (Lipinski definition) is 3. The molecular weight excluding hydrogens is 258 g/mol. The topological polar surface area (TPSA) is 93.4 Å². The van der Waals surface area contributed by atoms with Crippen LogP contribution in [0.3, 0.4) is 0 Å². The van der Waals surface area contributed by atoms with Crippen molar-refractivity contribution >= 4 is 17.5 Å². The summed E-state index contributed by atoms with van der Waals surface area (Å²) in [4.78, 5) is 22.2. The van der Waals surface area contributed by atoms with E-state index in [1.54, 1.807) is 37.3 Å². The fraction of sp³-hybridized carbons (Fsp3) is 0.286. The van der Waals surface area contributed by atoms with Gasteiger partial charge in [-0.05, 0) is 31.2 Å². The quantitative estimate of drug-likeness (QED) is 0.608. The molecule has 1 rings (SSSR count). The van der Waals surface area contributed by atoms with E-state index in [1.165, 1.54) is 0 Å². The minimum Gasteiger partial charge on any atom is -0.484 e. The van der Waals surface area contributed by atoms with Gasteiger partial charge in [-0.15, -0.1) is 6.58 Å². The first-order chi connectivity index (χ1) is 9.52. The Balaban J connectivity index is 2.50. The van der Waals surface area contributed by atoms with Crippen LogP contribution in [0, 0.1) is 0 Å². The van der Waals surface area contributed by atoms with Crippen LogP contribution in [0.15, 0.2) is 36.9 Å². The number of carbonyl (C=O) groups is 2. The van der Waals surface area contributed by atoms with Crippen molar-refractivity contribution < 1.29 is 14.3 Å². The molecular formula is C14H19N3O3. The molecule has 0 radical (unpaired) electrons. The first-order valence-corrected chi connectivity index (χ1v) is 6.19. The second kappa shape index (κ2) is 7.83. The van der Waals surface area contributed by atoms with Gasteiger partial charge in [-0.1, -0.05) is 6.08 Å². The maximum atomic E-state index is 11.7. The van der Waals surface area contributed by atoms with E-state index >= 15 is 0 Å². The number of nitrogens with one attached hydrogen (secondary N) is 2. The number of benzene rings is 1. The summed E-state index contributed by atoms with van der Waals surface area (Å²) in [7, 11) is 0. The molecule has 0 aliphatic rings. The van der Waals surface area contributed by atoms with E-state index in [-0.39, 0.29) is 18.6 Å². The molecule has 6 nitrogen and oxygen atoms in total. The highest BCUT2D eigenvalue weighted by molar-refractivity contribution is 5.84. The minimum absolute atomic E-state index is 0.112. The second-order valence-electron chi connectivity index (χ2n) is 4.18. The molecule has 4 N–H and O–H groups in total. The lowest BCUT2D eigenvalue weighted by atomic mass is 10.2. The summed E-state index contributed by atoms with van der Waals surface area (Å²) < 4.78 is 5.14. The van der Waals surface area contributed by atoms with Crippen LogP contribution in [0.4, 0.5) is 5.69 Å². The first-order valence-electron chi connectivity index (χ1n) is 6.19. The monoisotopic (exact) mass is 277 g/mol. The maximum absolute atomic E-state index is 11.7. The summed E-state index contributed by atoms with van der Waals surface area (Å²) in [6.45, 7) is 5.57. The normalized spacial score (nSPS) is 11.2. The van der Waals surface area contributed by atoms with Crippen LogP contribution in [-0.4, -0.2) is 31.0 Å². The van der Waals surface area contributed by atoms with Gasteiger partial charge in [-0.25, -0.2) is 0 Å². The zero-order valence-corrected chi connectivity index (χ0v) is 11.4. The van der Waals surface area contributed by atoms with E-state index in [0.717, 1.165) is 5.69 Å². The van der Waals surface area contributed by atoms with Crippen molar-refractivity contribution in [3.05, 3.63) is 36.9 Å². The smallest absolute Gasteiger partial charge is 0.255 e. The number of rotatable bonds is 8. The minimum atomic E-state index is -0.528. The molecule has 0 aliphatic heterocycles. The molecule has 0 spiro atoms. The summed E-state index contributed by atoms with van der Waals surface area (Å²) >= 11 is 0. The standard InChI is InChI=1S/C14H19N3O3/c1-3-8-16-14(19)10(2)17-11-4-6-12(7-5-11)20-9-13(15)18/h3-7,10,17H,1,8-9H2,2H3,(H2,15,18)(H,16,19). The Hall–Kier alpha value is -2.50. The Bertz CT molecular complexity index is 471. The van der Waals surface area contributed by atoms with Gasteiger partial charge in [0.15, 0.2) is 6.61 Å². The largest absolute Gasteiger partial charge is 0.484 e. The predicted molar refractivity (Wildman–Crippen MR) is 77.4 cm³/mol. The summed E-state index contributed by atoms with van der Waals surface area (Å²) in [5, 5.41) is 5.75. The SMILES string of the molecule is C=CCNC(=O)C(C)Nc1ccc(OCC(N)=O)cc1. The zero-order valence-electron chi connectivity index (χ0n) is 11.4. The lowest BCUT2D eigenvalue weighted by Gasteiger charge is -2.15. The number of anilines is 1. The molecule has 1 aromatic rings. The summed E-state index contributed by atoms with van der Waals surface area (Å²) in [6, 6.07) is 6.54. The van der Waals surface area contributed by atoms with Gasteiger partial charge in [0.05, 0.1) is 0 Å². The van der Waals surface area contributed by atoms with E-state index in [4.69, 9.17) is 10.5 Å². The van der Waals surface area contributed by atoms with Crippen molar-refractivity contribution in [2.45, 2.75) is 13.0 Å². The molecule has 108 valence electrons. The second-order valence-corrected chi connectivity index (χ2v) is 4.18. The van der Waals surface area contributed by atoms with Gasteiger partial charge >= 0.3 is 0 Å². The van der Waals surface area contributed by atoms with E-state index in [9.17, 15) is 9.59 Å². The molecule has 1 unspecified atom stereocenters. The number of carbonyl (C=O) groups excluding carboxylic acids is 2. The average Bonchev–Trinajstić information content (AvgIpc) is 2.43. The highest BCUT2D eigenvalue weighted by atomic mass is 16.5. The number of hydrogen-bond acceptors (Lipinski definition) is 4. The van der Waals surface area contributed by atoms with Gasteiger partial charge in [0.25, 0.3) is 5.91 Å². The Kier molecular flexibility index (Phi) is 6.09. The Morgan fingerprint density at radius 1 is 1.40 bits per heavy atom. The van der Waals surface area contributed by atoms with E-state index in [2.05, 4.69) is 17.2 Å².